The molecule has 25 heavy (non-hydrogen) atoms. The van der Waals surface area contributed by atoms with Crippen LogP contribution in [-0.4, -0.2) is 11.7 Å². The van der Waals surface area contributed by atoms with Gasteiger partial charge in [0, 0.05) is 22.4 Å². The second-order valence-corrected chi connectivity index (χ2v) is 5.21. The van der Waals surface area contributed by atoms with Gasteiger partial charge in [-0.15, -0.1) is 0 Å². The molecule has 0 aliphatic carbocycles. The van der Waals surface area contributed by atoms with Crippen LogP contribution in [0.5, 0.6) is 0 Å². The number of amides is 1. The first-order chi connectivity index (χ1) is 11.6. The van der Waals surface area contributed by atoms with Crippen LogP contribution in [0.4, 0.5) is 18.9 Å². The molecule has 5 nitrogen and oxygen atoms in total. The van der Waals surface area contributed by atoms with Crippen molar-refractivity contribution in [3.63, 3.8) is 0 Å². The van der Waals surface area contributed by atoms with Gasteiger partial charge in [-0.25, -0.2) is 0 Å². The van der Waals surface area contributed by atoms with Gasteiger partial charge in [-0.2, -0.15) is 18.4 Å². The van der Waals surface area contributed by atoms with Crippen LogP contribution in [0, 0.1) is 11.3 Å². The van der Waals surface area contributed by atoms with E-state index in [1.165, 1.54) is 24.3 Å². The van der Waals surface area contributed by atoms with Crippen LogP contribution in [0.15, 0.2) is 42.5 Å². The van der Waals surface area contributed by atoms with E-state index < -0.39 is 29.3 Å². The fraction of sp³-hybridized carbons (Fsp3) is 0.118. The van der Waals surface area contributed by atoms with Crippen LogP contribution in [-0.2, 0) is 6.18 Å². The van der Waals surface area contributed by atoms with Gasteiger partial charge in [-0.05, 0) is 24.3 Å². The van der Waals surface area contributed by atoms with Crippen LogP contribution < -0.4 is 11.5 Å². The molecule has 2 aromatic rings. The van der Waals surface area contributed by atoms with Gasteiger partial charge in [-0.1, -0.05) is 18.2 Å². The van der Waals surface area contributed by atoms with E-state index in [0.717, 1.165) is 12.1 Å². The van der Waals surface area contributed by atoms with E-state index in [2.05, 4.69) is 0 Å². The molecule has 0 saturated carbocycles. The zero-order chi connectivity index (χ0) is 18.8. The Balaban J connectivity index is 2.38. The van der Waals surface area contributed by atoms with Crippen LogP contribution in [0.3, 0.4) is 0 Å². The Morgan fingerprint density at radius 1 is 1.04 bits per heavy atom. The van der Waals surface area contributed by atoms with E-state index in [1.807, 2.05) is 0 Å². The Labute approximate surface area is 140 Å². The summed E-state index contributed by atoms with van der Waals surface area (Å²) in [5.41, 5.74) is 9.71. The minimum absolute atomic E-state index is 0.0144. The third kappa shape index (κ3) is 3.77. The number of carbonyl (C=O) groups excluding carboxylic acids is 2. The molecule has 1 unspecified atom stereocenters. The Hall–Kier alpha value is -3.34. The largest absolute Gasteiger partial charge is 0.416 e. The lowest BCUT2D eigenvalue weighted by Crippen LogP contribution is -2.15. The second-order valence-electron chi connectivity index (χ2n) is 5.21. The van der Waals surface area contributed by atoms with Gasteiger partial charge < -0.3 is 11.5 Å². The highest BCUT2D eigenvalue weighted by Gasteiger charge is 2.32. The summed E-state index contributed by atoms with van der Waals surface area (Å²) in [6, 6.07) is 9.48. The van der Waals surface area contributed by atoms with E-state index in [-0.39, 0.29) is 22.4 Å². The number of hydrogen-bond acceptors (Lipinski definition) is 4. The van der Waals surface area contributed by atoms with Crippen molar-refractivity contribution >= 4 is 17.4 Å². The summed E-state index contributed by atoms with van der Waals surface area (Å²) in [6.07, 6.45) is -4.58. The number of primary amides is 1. The summed E-state index contributed by atoms with van der Waals surface area (Å²) >= 11 is 0. The topological polar surface area (TPSA) is 110 Å². The zero-order valence-corrected chi connectivity index (χ0v) is 12.7. The number of alkyl halides is 3. The quantitative estimate of drug-likeness (QED) is 0.654. The monoisotopic (exact) mass is 347 g/mol. The summed E-state index contributed by atoms with van der Waals surface area (Å²) in [4.78, 5) is 23.5. The predicted octanol–water partition coefficient (Wildman–Crippen LogP) is 2.88. The molecule has 0 spiro atoms. The molecule has 0 bridgehead atoms. The average Bonchev–Trinajstić information content (AvgIpc) is 2.55. The molecule has 2 aromatic carbocycles. The molecule has 0 saturated heterocycles. The van der Waals surface area contributed by atoms with Gasteiger partial charge in [0.15, 0.2) is 5.78 Å². The Morgan fingerprint density at radius 2 is 1.60 bits per heavy atom. The SMILES string of the molecule is N#CC(C(=O)c1ccc(C(N)=O)cc1)c1ccc(C(F)(F)F)cc1N. The summed E-state index contributed by atoms with van der Waals surface area (Å²) in [7, 11) is 0. The van der Waals surface area contributed by atoms with Gasteiger partial charge in [0.25, 0.3) is 0 Å². The minimum atomic E-state index is -4.58. The molecule has 2 rings (SSSR count). The van der Waals surface area contributed by atoms with Crippen LogP contribution in [0.1, 0.15) is 37.8 Å². The molecular weight excluding hydrogens is 335 g/mol. The lowest BCUT2D eigenvalue weighted by atomic mass is 9.89. The normalized spacial score (nSPS) is 12.2. The van der Waals surface area contributed by atoms with E-state index >= 15 is 0 Å². The summed E-state index contributed by atoms with van der Waals surface area (Å²) in [5.74, 6) is -2.70. The third-order valence-corrected chi connectivity index (χ3v) is 3.57. The third-order valence-electron chi connectivity index (χ3n) is 3.57. The van der Waals surface area contributed by atoms with Gasteiger partial charge in [-0.3, -0.25) is 9.59 Å². The Morgan fingerprint density at radius 3 is 2.04 bits per heavy atom. The maximum Gasteiger partial charge on any atom is 0.416 e. The highest BCUT2D eigenvalue weighted by atomic mass is 19.4. The maximum absolute atomic E-state index is 12.7. The molecule has 8 heteroatoms. The van der Waals surface area contributed by atoms with Gasteiger partial charge in [0.1, 0.15) is 5.92 Å². The first-order valence-corrected chi connectivity index (χ1v) is 6.95. The fourth-order valence-electron chi connectivity index (χ4n) is 2.25. The number of carbonyl (C=O) groups is 2. The Kier molecular flexibility index (Phi) is 4.79. The van der Waals surface area contributed by atoms with Crippen LogP contribution in [0.2, 0.25) is 0 Å². The van der Waals surface area contributed by atoms with E-state index in [4.69, 9.17) is 11.5 Å². The molecule has 1 atom stereocenters. The molecule has 0 aromatic heterocycles. The molecule has 1 amide bonds. The molecule has 128 valence electrons. The number of Topliss-reactive ketones (excluding diaryl/α,β-unsaturated/α-hetero) is 1. The van der Waals surface area contributed by atoms with Gasteiger partial charge >= 0.3 is 6.18 Å². The number of nitrogens with zero attached hydrogens (tertiary/aromatic N) is 1. The second kappa shape index (κ2) is 6.65. The molecule has 0 radical (unpaired) electrons. The molecule has 0 heterocycles. The van der Waals surface area contributed by atoms with Gasteiger partial charge in [0.2, 0.25) is 5.91 Å². The average molecular weight is 347 g/mol. The molecule has 0 aliphatic rings. The van der Waals surface area contributed by atoms with E-state index in [9.17, 15) is 28.0 Å². The molecule has 0 fully saturated rings. The number of benzene rings is 2. The highest BCUT2D eigenvalue weighted by molar-refractivity contribution is 6.04. The number of rotatable bonds is 4. The number of halogens is 3. The first-order valence-electron chi connectivity index (χ1n) is 6.95. The number of nitrogens with two attached hydrogens (primary N) is 2. The lowest BCUT2D eigenvalue weighted by molar-refractivity contribution is -0.137. The maximum atomic E-state index is 12.7. The van der Waals surface area contributed by atoms with Crippen LogP contribution in [0.25, 0.3) is 0 Å². The molecule has 4 N–H and O–H groups in total. The molecular formula is C17H12F3N3O2. The number of anilines is 1. The van der Waals surface area contributed by atoms with Crippen molar-refractivity contribution in [1.29, 1.82) is 5.26 Å². The lowest BCUT2D eigenvalue weighted by Gasteiger charge is -2.14. The first kappa shape index (κ1) is 18.0. The number of ketones is 1. The zero-order valence-electron chi connectivity index (χ0n) is 12.7. The fourth-order valence-corrected chi connectivity index (χ4v) is 2.25. The summed E-state index contributed by atoms with van der Waals surface area (Å²) < 4.78 is 38.1. The van der Waals surface area contributed by atoms with E-state index in [1.54, 1.807) is 6.07 Å². The highest BCUT2D eigenvalue weighted by Crippen LogP contribution is 2.34. The van der Waals surface area contributed by atoms with Crippen molar-refractivity contribution in [2.75, 3.05) is 5.73 Å². The standard InChI is InChI=1S/C17H12F3N3O2/c18-17(19,20)11-5-6-12(14(22)7-11)13(8-21)15(24)9-1-3-10(4-2-9)16(23)25/h1-7,13H,22H2,(H2,23,25). The smallest absolute Gasteiger partial charge is 0.398 e. The predicted molar refractivity (Wildman–Crippen MR) is 83.5 cm³/mol. The van der Waals surface area contributed by atoms with E-state index in [0.29, 0.717) is 6.07 Å². The van der Waals surface area contributed by atoms with Crippen molar-refractivity contribution in [3.8, 4) is 6.07 Å². The summed E-state index contributed by atoms with van der Waals surface area (Å²) in [5, 5.41) is 9.28. The van der Waals surface area contributed by atoms with Crippen molar-refractivity contribution in [3.05, 3.63) is 64.7 Å². The van der Waals surface area contributed by atoms with Crippen molar-refractivity contribution in [1.82, 2.24) is 0 Å². The number of nitriles is 1. The molecule has 0 aliphatic heterocycles. The van der Waals surface area contributed by atoms with Crippen molar-refractivity contribution in [2.24, 2.45) is 5.73 Å². The minimum Gasteiger partial charge on any atom is -0.398 e. The Bertz CT molecular complexity index is 868. The van der Waals surface area contributed by atoms with Gasteiger partial charge in [0.05, 0.1) is 11.6 Å². The number of nitrogen functional groups attached to an aromatic ring is 1. The number of hydrogen-bond donors (Lipinski definition) is 2. The summed E-state index contributed by atoms with van der Waals surface area (Å²) in [6.45, 7) is 0. The van der Waals surface area contributed by atoms with Crippen molar-refractivity contribution < 1.29 is 22.8 Å². The van der Waals surface area contributed by atoms with Crippen LogP contribution >= 0.6 is 0 Å². The van der Waals surface area contributed by atoms with Crippen molar-refractivity contribution in [2.45, 2.75) is 12.1 Å².